The van der Waals surface area contributed by atoms with Crippen molar-refractivity contribution in [1.29, 1.82) is 0 Å². The fourth-order valence-corrected chi connectivity index (χ4v) is 3.79. The third kappa shape index (κ3) is 2.88. The first-order chi connectivity index (χ1) is 11.4. The van der Waals surface area contributed by atoms with Crippen LogP contribution < -0.4 is 14.8 Å². The van der Waals surface area contributed by atoms with Crippen LogP contribution >= 0.6 is 15.9 Å². The van der Waals surface area contributed by atoms with Gasteiger partial charge in [0.1, 0.15) is 0 Å². The molecule has 0 bridgehead atoms. The number of fused-ring (bicyclic) bond motifs is 1. The fourth-order valence-electron chi connectivity index (χ4n) is 3.17. The van der Waals surface area contributed by atoms with Crippen molar-refractivity contribution in [2.45, 2.75) is 26.2 Å². The van der Waals surface area contributed by atoms with E-state index in [1.54, 1.807) is 14.2 Å². The van der Waals surface area contributed by atoms with Crippen molar-refractivity contribution in [2.75, 3.05) is 19.5 Å². The van der Waals surface area contributed by atoms with E-state index in [1.165, 1.54) is 11.1 Å². The molecule has 1 atom stereocenters. The summed E-state index contributed by atoms with van der Waals surface area (Å²) in [5, 5.41) is 2.99. The van der Waals surface area contributed by atoms with E-state index in [2.05, 4.69) is 41.2 Å². The fraction of sp³-hybridized carbons (Fsp3) is 0.316. The number of anilines is 1. The Morgan fingerprint density at radius 1 is 1.08 bits per heavy atom. The summed E-state index contributed by atoms with van der Waals surface area (Å²) in [6.07, 6.45) is 0.414. The van der Waals surface area contributed by atoms with Crippen molar-refractivity contribution in [3.05, 3.63) is 51.0 Å². The molecule has 0 saturated heterocycles. The number of amides is 1. The summed E-state index contributed by atoms with van der Waals surface area (Å²) in [4.78, 5) is 12.2. The Morgan fingerprint density at radius 2 is 1.79 bits per heavy atom. The number of hydrogen-bond acceptors (Lipinski definition) is 3. The molecule has 1 amide bonds. The van der Waals surface area contributed by atoms with Gasteiger partial charge in [-0.1, -0.05) is 6.07 Å². The number of nitrogens with one attached hydrogen (secondary N) is 1. The quantitative estimate of drug-likeness (QED) is 0.836. The largest absolute Gasteiger partial charge is 0.493 e. The van der Waals surface area contributed by atoms with Gasteiger partial charge in [-0.25, -0.2) is 0 Å². The highest BCUT2D eigenvalue weighted by Crippen LogP contribution is 2.43. The molecule has 1 aliphatic heterocycles. The zero-order valence-corrected chi connectivity index (χ0v) is 15.8. The molecule has 1 N–H and O–H groups in total. The Labute approximate surface area is 150 Å². The number of aryl methyl sites for hydroxylation is 2. The van der Waals surface area contributed by atoms with Crippen molar-refractivity contribution in [1.82, 2.24) is 0 Å². The highest BCUT2D eigenvalue weighted by atomic mass is 79.9. The summed E-state index contributed by atoms with van der Waals surface area (Å²) in [5.74, 6) is 1.32. The monoisotopic (exact) mass is 389 g/mol. The zero-order chi connectivity index (χ0) is 17.4. The maximum absolute atomic E-state index is 12.2. The first-order valence-electron chi connectivity index (χ1n) is 7.77. The number of methoxy groups -OCH3 is 2. The van der Waals surface area contributed by atoms with Gasteiger partial charge >= 0.3 is 0 Å². The second-order valence-electron chi connectivity index (χ2n) is 6.07. The number of benzene rings is 2. The minimum absolute atomic E-state index is 0.0100. The lowest BCUT2D eigenvalue weighted by atomic mass is 9.83. The highest BCUT2D eigenvalue weighted by Gasteiger charge is 2.28. The molecule has 4 nitrogen and oxygen atoms in total. The van der Waals surface area contributed by atoms with Gasteiger partial charge in [-0.15, -0.1) is 0 Å². The molecule has 1 aliphatic rings. The van der Waals surface area contributed by atoms with Crippen molar-refractivity contribution in [3.8, 4) is 11.5 Å². The molecule has 0 saturated carbocycles. The lowest BCUT2D eigenvalue weighted by molar-refractivity contribution is -0.116. The third-order valence-electron chi connectivity index (χ3n) is 4.56. The van der Waals surface area contributed by atoms with E-state index in [0.717, 1.165) is 21.3 Å². The molecule has 0 spiro atoms. The Balaban J connectivity index is 2.16. The third-order valence-corrected chi connectivity index (χ3v) is 5.15. The van der Waals surface area contributed by atoms with Crippen LogP contribution in [0.4, 0.5) is 5.69 Å². The van der Waals surface area contributed by atoms with Crippen LogP contribution in [0.25, 0.3) is 0 Å². The van der Waals surface area contributed by atoms with E-state index in [-0.39, 0.29) is 11.8 Å². The van der Waals surface area contributed by atoms with E-state index in [1.807, 2.05) is 18.2 Å². The second kappa shape index (κ2) is 6.48. The van der Waals surface area contributed by atoms with Gasteiger partial charge in [0.15, 0.2) is 11.5 Å². The topological polar surface area (TPSA) is 47.6 Å². The standard InChI is InChI=1S/C19H20BrNO3/c1-10-5-14-13(9-18(22)21-16(14)6-11(10)2)12-7-15(20)19(24-4)17(8-12)23-3/h5-8,13H,9H2,1-4H3,(H,21,22)/t13-/m0/s1. The van der Waals surface area contributed by atoms with E-state index in [4.69, 9.17) is 9.47 Å². The van der Waals surface area contributed by atoms with Crippen LogP contribution in [0.2, 0.25) is 0 Å². The molecule has 2 aromatic carbocycles. The molecule has 0 fully saturated rings. The van der Waals surface area contributed by atoms with Gasteiger partial charge in [-0.2, -0.15) is 0 Å². The van der Waals surface area contributed by atoms with E-state index < -0.39 is 0 Å². The van der Waals surface area contributed by atoms with Crippen molar-refractivity contribution < 1.29 is 14.3 Å². The van der Waals surface area contributed by atoms with Gasteiger partial charge in [0.05, 0.1) is 18.7 Å². The number of carbonyl (C=O) groups excluding carboxylic acids is 1. The van der Waals surface area contributed by atoms with Crippen LogP contribution in [-0.4, -0.2) is 20.1 Å². The summed E-state index contributed by atoms with van der Waals surface area (Å²) < 4.78 is 11.6. The van der Waals surface area contributed by atoms with Crippen LogP contribution in [0.15, 0.2) is 28.7 Å². The molecule has 0 unspecified atom stereocenters. The SMILES string of the molecule is COc1cc([C@@H]2CC(=O)Nc3cc(C)c(C)cc32)cc(Br)c1OC. The molecular formula is C19H20BrNO3. The molecule has 3 rings (SSSR count). The van der Waals surface area contributed by atoms with Crippen LogP contribution in [0.5, 0.6) is 11.5 Å². The predicted octanol–water partition coefficient (Wildman–Crippen LogP) is 4.56. The first kappa shape index (κ1) is 16.8. The first-order valence-corrected chi connectivity index (χ1v) is 8.56. The minimum Gasteiger partial charge on any atom is -0.493 e. The van der Waals surface area contributed by atoms with Gasteiger partial charge in [0.2, 0.25) is 5.91 Å². The molecule has 1 heterocycles. The molecule has 24 heavy (non-hydrogen) atoms. The van der Waals surface area contributed by atoms with E-state index in [0.29, 0.717) is 17.9 Å². The van der Waals surface area contributed by atoms with Crippen LogP contribution in [0.3, 0.4) is 0 Å². The Hall–Kier alpha value is -2.01. The highest BCUT2D eigenvalue weighted by molar-refractivity contribution is 9.10. The van der Waals surface area contributed by atoms with Crippen LogP contribution in [-0.2, 0) is 4.79 Å². The molecule has 126 valence electrons. The van der Waals surface area contributed by atoms with Crippen molar-refractivity contribution >= 4 is 27.5 Å². The predicted molar refractivity (Wildman–Crippen MR) is 98.3 cm³/mol. The average Bonchev–Trinajstić information content (AvgIpc) is 2.54. The van der Waals surface area contributed by atoms with Gasteiger partial charge < -0.3 is 14.8 Å². The smallest absolute Gasteiger partial charge is 0.225 e. The number of hydrogen-bond donors (Lipinski definition) is 1. The van der Waals surface area contributed by atoms with Gasteiger partial charge in [-0.3, -0.25) is 4.79 Å². The zero-order valence-electron chi connectivity index (χ0n) is 14.2. The second-order valence-corrected chi connectivity index (χ2v) is 6.92. The Bertz CT molecular complexity index is 817. The van der Waals surface area contributed by atoms with Crippen LogP contribution in [0, 0.1) is 13.8 Å². The number of rotatable bonds is 3. The molecular weight excluding hydrogens is 370 g/mol. The van der Waals surface area contributed by atoms with Crippen molar-refractivity contribution in [3.63, 3.8) is 0 Å². The van der Waals surface area contributed by atoms with E-state index in [9.17, 15) is 4.79 Å². The lowest BCUT2D eigenvalue weighted by Gasteiger charge is -2.28. The van der Waals surface area contributed by atoms with Crippen molar-refractivity contribution in [2.24, 2.45) is 0 Å². The molecule has 0 aliphatic carbocycles. The summed E-state index contributed by atoms with van der Waals surface area (Å²) in [6.45, 7) is 4.14. The van der Waals surface area contributed by atoms with Gasteiger partial charge in [-0.05, 0) is 70.2 Å². The normalized spacial score (nSPS) is 16.4. The molecule has 0 radical (unpaired) electrons. The van der Waals surface area contributed by atoms with Gasteiger partial charge in [0.25, 0.3) is 0 Å². The van der Waals surface area contributed by atoms with Crippen LogP contribution in [0.1, 0.15) is 34.6 Å². The van der Waals surface area contributed by atoms with E-state index >= 15 is 0 Å². The average molecular weight is 390 g/mol. The summed E-state index contributed by atoms with van der Waals surface area (Å²) in [5.41, 5.74) is 5.44. The summed E-state index contributed by atoms with van der Waals surface area (Å²) >= 11 is 3.54. The van der Waals surface area contributed by atoms with Gasteiger partial charge in [0, 0.05) is 18.0 Å². The Kier molecular flexibility index (Phi) is 4.54. The molecule has 0 aromatic heterocycles. The maximum atomic E-state index is 12.2. The lowest BCUT2D eigenvalue weighted by Crippen LogP contribution is -2.24. The number of carbonyl (C=O) groups is 1. The number of halogens is 1. The summed E-state index contributed by atoms with van der Waals surface area (Å²) in [6, 6.07) is 8.17. The summed E-state index contributed by atoms with van der Waals surface area (Å²) in [7, 11) is 3.22. The Morgan fingerprint density at radius 3 is 2.46 bits per heavy atom. The minimum atomic E-state index is -0.0100. The molecule has 2 aromatic rings. The maximum Gasteiger partial charge on any atom is 0.225 e. The number of ether oxygens (including phenoxy) is 2. The molecule has 5 heteroatoms.